The van der Waals surface area contributed by atoms with Crippen LogP contribution in [0.4, 0.5) is 0 Å². The zero-order valence-corrected chi connectivity index (χ0v) is 7.18. The van der Waals surface area contributed by atoms with Crippen LogP contribution in [0.1, 0.15) is 25.7 Å². The van der Waals surface area contributed by atoms with Gasteiger partial charge in [-0.25, -0.2) is 0 Å². The van der Waals surface area contributed by atoms with Gasteiger partial charge in [0.15, 0.2) is 0 Å². The SMILES string of the molecule is CO[C@H]1CC[C@H]2NCC[C@@H]2C1. The van der Waals surface area contributed by atoms with Crippen molar-refractivity contribution in [3.8, 4) is 0 Å². The second-order valence-electron chi connectivity index (χ2n) is 3.78. The predicted molar refractivity (Wildman–Crippen MR) is 44.5 cm³/mol. The summed E-state index contributed by atoms with van der Waals surface area (Å²) in [5, 5.41) is 3.55. The van der Waals surface area contributed by atoms with Gasteiger partial charge >= 0.3 is 0 Å². The monoisotopic (exact) mass is 155 g/mol. The molecular weight excluding hydrogens is 138 g/mol. The van der Waals surface area contributed by atoms with Crippen molar-refractivity contribution in [1.82, 2.24) is 5.32 Å². The molecule has 0 radical (unpaired) electrons. The molecule has 1 N–H and O–H groups in total. The summed E-state index contributed by atoms with van der Waals surface area (Å²) in [6.45, 7) is 1.23. The highest BCUT2D eigenvalue weighted by molar-refractivity contribution is 4.89. The van der Waals surface area contributed by atoms with Crippen LogP contribution in [0.15, 0.2) is 0 Å². The van der Waals surface area contributed by atoms with Gasteiger partial charge in [-0.05, 0) is 38.1 Å². The highest BCUT2D eigenvalue weighted by atomic mass is 16.5. The minimum Gasteiger partial charge on any atom is -0.381 e. The fourth-order valence-electron chi connectivity index (χ4n) is 2.48. The summed E-state index contributed by atoms with van der Waals surface area (Å²) >= 11 is 0. The van der Waals surface area contributed by atoms with E-state index >= 15 is 0 Å². The van der Waals surface area contributed by atoms with Crippen LogP contribution in [-0.2, 0) is 4.74 Å². The molecule has 2 fully saturated rings. The Morgan fingerprint density at radius 3 is 3.00 bits per heavy atom. The van der Waals surface area contributed by atoms with Gasteiger partial charge in [-0.15, -0.1) is 0 Å². The summed E-state index contributed by atoms with van der Waals surface area (Å²) in [5.41, 5.74) is 0. The Kier molecular flexibility index (Phi) is 2.14. The summed E-state index contributed by atoms with van der Waals surface area (Å²) in [5.74, 6) is 0.911. The zero-order chi connectivity index (χ0) is 7.68. The summed E-state index contributed by atoms with van der Waals surface area (Å²) in [4.78, 5) is 0. The number of rotatable bonds is 1. The number of ether oxygens (including phenoxy) is 1. The van der Waals surface area contributed by atoms with Crippen LogP contribution in [-0.4, -0.2) is 25.8 Å². The summed E-state index contributed by atoms with van der Waals surface area (Å²) in [6, 6.07) is 0.821. The van der Waals surface area contributed by atoms with E-state index in [0.29, 0.717) is 6.10 Å². The first-order chi connectivity index (χ1) is 5.40. The van der Waals surface area contributed by atoms with E-state index in [2.05, 4.69) is 5.32 Å². The molecule has 11 heavy (non-hydrogen) atoms. The standard InChI is InChI=1S/C9H17NO/c1-11-8-2-3-9-7(6-8)4-5-10-9/h7-10H,2-6H2,1H3/t7-,8+,9-/m1/s1. The van der Waals surface area contributed by atoms with Crippen molar-refractivity contribution in [2.45, 2.75) is 37.8 Å². The van der Waals surface area contributed by atoms with Crippen LogP contribution in [0.25, 0.3) is 0 Å². The van der Waals surface area contributed by atoms with Crippen molar-refractivity contribution in [1.29, 1.82) is 0 Å². The quantitative estimate of drug-likeness (QED) is 0.613. The molecule has 0 aromatic carbocycles. The Bertz CT molecular complexity index is 138. The van der Waals surface area contributed by atoms with Gasteiger partial charge in [0.25, 0.3) is 0 Å². The van der Waals surface area contributed by atoms with Gasteiger partial charge in [0.1, 0.15) is 0 Å². The lowest BCUT2D eigenvalue weighted by atomic mass is 9.84. The van der Waals surface area contributed by atoms with E-state index in [9.17, 15) is 0 Å². The molecule has 0 aromatic rings. The molecule has 1 saturated carbocycles. The minimum atomic E-state index is 0.552. The molecule has 2 nitrogen and oxygen atoms in total. The summed E-state index contributed by atoms with van der Waals surface area (Å²) in [6.07, 6.45) is 5.78. The lowest BCUT2D eigenvalue weighted by molar-refractivity contribution is 0.0469. The Morgan fingerprint density at radius 2 is 2.18 bits per heavy atom. The smallest absolute Gasteiger partial charge is 0.0575 e. The fourth-order valence-corrected chi connectivity index (χ4v) is 2.48. The highest BCUT2D eigenvalue weighted by Crippen LogP contribution is 2.31. The minimum absolute atomic E-state index is 0.552. The van der Waals surface area contributed by atoms with Crippen LogP contribution >= 0.6 is 0 Å². The first-order valence-corrected chi connectivity index (χ1v) is 4.66. The maximum absolute atomic E-state index is 5.37. The third-order valence-electron chi connectivity index (χ3n) is 3.19. The van der Waals surface area contributed by atoms with E-state index in [1.807, 2.05) is 7.11 Å². The van der Waals surface area contributed by atoms with Gasteiger partial charge in [-0.2, -0.15) is 0 Å². The van der Waals surface area contributed by atoms with E-state index < -0.39 is 0 Å². The van der Waals surface area contributed by atoms with E-state index in [4.69, 9.17) is 4.74 Å². The molecule has 1 aliphatic carbocycles. The number of fused-ring (bicyclic) bond motifs is 1. The number of methoxy groups -OCH3 is 1. The molecule has 0 aromatic heterocycles. The molecule has 0 unspecified atom stereocenters. The molecule has 1 aliphatic heterocycles. The molecule has 64 valence electrons. The van der Waals surface area contributed by atoms with Gasteiger partial charge in [0, 0.05) is 13.2 Å². The van der Waals surface area contributed by atoms with Crippen molar-refractivity contribution in [2.75, 3.05) is 13.7 Å². The topological polar surface area (TPSA) is 21.3 Å². The van der Waals surface area contributed by atoms with Crippen molar-refractivity contribution in [3.05, 3.63) is 0 Å². The predicted octanol–water partition coefficient (Wildman–Crippen LogP) is 1.16. The third kappa shape index (κ3) is 1.42. The number of nitrogens with one attached hydrogen (secondary N) is 1. The molecule has 1 heterocycles. The van der Waals surface area contributed by atoms with E-state index in [1.54, 1.807) is 0 Å². The Morgan fingerprint density at radius 1 is 1.27 bits per heavy atom. The summed E-state index contributed by atoms with van der Waals surface area (Å²) in [7, 11) is 1.84. The molecule has 2 rings (SSSR count). The lowest BCUT2D eigenvalue weighted by Crippen LogP contribution is -2.35. The zero-order valence-electron chi connectivity index (χ0n) is 7.18. The molecule has 2 heteroatoms. The molecule has 0 amide bonds. The van der Waals surface area contributed by atoms with Gasteiger partial charge in [-0.1, -0.05) is 0 Å². The normalized spacial score (nSPS) is 43.9. The van der Waals surface area contributed by atoms with Gasteiger partial charge in [0.05, 0.1) is 6.10 Å². The van der Waals surface area contributed by atoms with Crippen LogP contribution in [0, 0.1) is 5.92 Å². The number of hydrogen-bond donors (Lipinski definition) is 1. The Labute approximate surface area is 68.3 Å². The second kappa shape index (κ2) is 3.11. The second-order valence-corrected chi connectivity index (χ2v) is 3.78. The van der Waals surface area contributed by atoms with Crippen molar-refractivity contribution < 1.29 is 4.74 Å². The molecule has 0 bridgehead atoms. The van der Waals surface area contributed by atoms with Crippen molar-refractivity contribution in [3.63, 3.8) is 0 Å². The molecule has 0 spiro atoms. The summed E-state index contributed by atoms with van der Waals surface area (Å²) < 4.78 is 5.37. The highest BCUT2D eigenvalue weighted by Gasteiger charge is 2.33. The van der Waals surface area contributed by atoms with Crippen LogP contribution in [0.3, 0.4) is 0 Å². The first-order valence-electron chi connectivity index (χ1n) is 4.66. The Balaban J connectivity index is 1.91. The van der Waals surface area contributed by atoms with Gasteiger partial charge in [-0.3, -0.25) is 0 Å². The van der Waals surface area contributed by atoms with E-state index in [0.717, 1.165) is 12.0 Å². The average molecular weight is 155 g/mol. The maximum atomic E-state index is 5.37. The molecule has 1 saturated heterocycles. The maximum Gasteiger partial charge on any atom is 0.0575 e. The van der Waals surface area contributed by atoms with E-state index in [-0.39, 0.29) is 0 Å². The van der Waals surface area contributed by atoms with E-state index in [1.165, 1.54) is 32.2 Å². The van der Waals surface area contributed by atoms with Crippen LogP contribution in [0.2, 0.25) is 0 Å². The Hall–Kier alpha value is -0.0800. The van der Waals surface area contributed by atoms with Crippen molar-refractivity contribution in [2.24, 2.45) is 5.92 Å². The largest absolute Gasteiger partial charge is 0.381 e. The van der Waals surface area contributed by atoms with Crippen LogP contribution in [0.5, 0.6) is 0 Å². The van der Waals surface area contributed by atoms with Crippen molar-refractivity contribution >= 4 is 0 Å². The van der Waals surface area contributed by atoms with Gasteiger partial charge < -0.3 is 10.1 Å². The number of hydrogen-bond acceptors (Lipinski definition) is 2. The lowest BCUT2D eigenvalue weighted by Gasteiger charge is -2.30. The molecule has 3 atom stereocenters. The first kappa shape index (κ1) is 7.56. The molecular formula is C9H17NO. The fraction of sp³-hybridized carbons (Fsp3) is 1.00. The van der Waals surface area contributed by atoms with Crippen LogP contribution < -0.4 is 5.32 Å². The average Bonchev–Trinajstić information content (AvgIpc) is 2.50. The molecule has 2 aliphatic rings. The third-order valence-corrected chi connectivity index (χ3v) is 3.19. The van der Waals surface area contributed by atoms with Gasteiger partial charge in [0.2, 0.25) is 0 Å².